The molecule has 7 nitrogen and oxygen atoms in total. The Balaban J connectivity index is 1.63. The lowest BCUT2D eigenvalue weighted by atomic mass is 9.81. The van der Waals surface area contributed by atoms with E-state index in [1.54, 1.807) is 0 Å². The van der Waals surface area contributed by atoms with Crippen molar-refractivity contribution in [2.24, 2.45) is 0 Å². The highest BCUT2D eigenvalue weighted by atomic mass is 16.5. The number of methoxy groups -OCH3 is 1. The number of hydrogen-bond acceptors (Lipinski definition) is 5. The molecule has 3 aromatic rings. The minimum atomic E-state index is -0.432. The van der Waals surface area contributed by atoms with Gasteiger partial charge in [0.2, 0.25) is 5.91 Å². The van der Waals surface area contributed by atoms with Crippen molar-refractivity contribution in [3.05, 3.63) is 53.6 Å². The van der Waals surface area contributed by atoms with Crippen molar-refractivity contribution >= 4 is 28.5 Å². The Morgan fingerprint density at radius 1 is 1.03 bits per heavy atom. The molecule has 1 atom stereocenters. The van der Waals surface area contributed by atoms with Crippen LogP contribution in [0.3, 0.4) is 0 Å². The summed E-state index contributed by atoms with van der Waals surface area (Å²) in [4.78, 5) is 28.5. The summed E-state index contributed by atoms with van der Waals surface area (Å²) < 4.78 is 12.8. The summed E-state index contributed by atoms with van der Waals surface area (Å²) in [5.74, 6) is 0.150. The second kappa shape index (κ2) is 9.62. The molecule has 188 valence electrons. The molecule has 3 heterocycles. The van der Waals surface area contributed by atoms with Crippen LogP contribution in [0.5, 0.6) is 0 Å². The number of aromatic nitrogens is 1. The highest BCUT2D eigenvalue weighted by Crippen LogP contribution is 2.48. The lowest BCUT2D eigenvalue weighted by Crippen LogP contribution is -2.45. The third kappa shape index (κ3) is 3.86. The van der Waals surface area contributed by atoms with Gasteiger partial charge in [0.05, 0.1) is 37.1 Å². The average Bonchev–Trinajstić information content (AvgIpc) is 3.17. The average molecular weight is 488 g/mol. The summed E-state index contributed by atoms with van der Waals surface area (Å²) in [6.07, 6.45) is 5.98. The molecule has 6 rings (SSSR count). The van der Waals surface area contributed by atoms with Crippen LogP contribution in [-0.2, 0) is 14.3 Å². The van der Waals surface area contributed by atoms with Gasteiger partial charge in [-0.3, -0.25) is 4.79 Å². The van der Waals surface area contributed by atoms with Crippen LogP contribution >= 0.6 is 0 Å². The van der Waals surface area contributed by atoms with Crippen LogP contribution in [0.15, 0.2) is 42.5 Å². The minimum Gasteiger partial charge on any atom is -0.465 e. The second-order valence-electron chi connectivity index (χ2n) is 10.1. The lowest BCUT2D eigenvalue weighted by molar-refractivity contribution is -0.138. The van der Waals surface area contributed by atoms with Crippen LogP contribution in [0, 0.1) is 0 Å². The zero-order valence-electron chi connectivity index (χ0n) is 20.8. The van der Waals surface area contributed by atoms with Gasteiger partial charge >= 0.3 is 5.97 Å². The fourth-order valence-electron chi connectivity index (χ4n) is 6.32. The number of ether oxygens (including phenoxy) is 2. The summed E-state index contributed by atoms with van der Waals surface area (Å²) in [6, 6.07) is 13.8. The Hall–Kier alpha value is -3.32. The highest BCUT2D eigenvalue weighted by Gasteiger charge is 2.36. The zero-order chi connectivity index (χ0) is 24.6. The molecule has 0 bridgehead atoms. The van der Waals surface area contributed by atoms with Crippen LogP contribution in [0.25, 0.3) is 22.2 Å². The van der Waals surface area contributed by atoms with E-state index in [1.807, 2.05) is 23.1 Å². The molecule has 1 aromatic heterocycles. The van der Waals surface area contributed by atoms with E-state index in [2.05, 4.69) is 34.1 Å². The molecule has 1 unspecified atom stereocenters. The van der Waals surface area contributed by atoms with Crippen molar-refractivity contribution in [1.29, 1.82) is 0 Å². The molecule has 0 spiro atoms. The molecular formula is C29H33N3O4. The minimum absolute atomic E-state index is 0.0930. The van der Waals surface area contributed by atoms with Crippen molar-refractivity contribution in [2.75, 3.05) is 45.3 Å². The van der Waals surface area contributed by atoms with Gasteiger partial charge in [0.15, 0.2) is 0 Å². The molecule has 2 aromatic carbocycles. The number of esters is 1. The molecule has 2 fully saturated rings. The standard InChI is InChI=1S/C29H33N3O4/c1-35-29(34)20-11-12-22-24(17-20)32-25(28(33)31-13-15-36-16-14-31)18-30-23-10-6-5-9-21(23)27(32)26(22)19-7-3-2-4-8-19/h5-6,9-12,17,19,25,30H,2-4,7-8,13-16,18H2,1H3. The molecule has 1 saturated heterocycles. The van der Waals surface area contributed by atoms with Crippen LogP contribution in [0.2, 0.25) is 0 Å². The zero-order valence-corrected chi connectivity index (χ0v) is 20.8. The molecule has 3 aliphatic rings. The third-order valence-electron chi connectivity index (χ3n) is 8.07. The number of fused-ring (bicyclic) bond motifs is 5. The third-order valence-corrected chi connectivity index (χ3v) is 8.07. The van der Waals surface area contributed by atoms with Gasteiger partial charge in [0, 0.05) is 36.3 Å². The first-order valence-corrected chi connectivity index (χ1v) is 13.1. The number of para-hydroxylation sites is 1. The van der Waals surface area contributed by atoms with E-state index in [0.717, 1.165) is 40.7 Å². The first kappa shape index (κ1) is 23.1. The van der Waals surface area contributed by atoms with Gasteiger partial charge in [0.25, 0.3) is 0 Å². The van der Waals surface area contributed by atoms with E-state index in [-0.39, 0.29) is 11.9 Å². The summed E-state index contributed by atoms with van der Waals surface area (Å²) >= 11 is 0. The van der Waals surface area contributed by atoms with E-state index >= 15 is 0 Å². The van der Waals surface area contributed by atoms with Gasteiger partial charge in [-0.25, -0.2) is 4.79 Å². The van der Waals surface area contributed by atoms with Gasteiger partial charge in [0.1, 0.15) is 6.04 Å². The van der Waals surface area contributed by atoms with Crippen LogP contribution in [-0.4, -0.2) is 61.3 Å². The molecular weight excluding hydrogens is 454 g/mol. The molecule has 2 aliphatic heterocycles. The number of morpholine rings is 1. The van der Waals surface area contributed by atoms with Crippen molar-refractivity contribution in [3.63, 3.8) is 0 Å². The van der Waals surface area contributed by atoms with Crippen molar-refractivity contribution in [3.8, 4) is 11.3 Å². The van der Waals surface area contributed by atoms with Gasteiger partial charge in [-0.2, -0.15) is 0 Å². The van der Waals surface area contributed by atoms with Crippen LogP contribution in [0.4, 0.5) is 5.69 Å². The van der Waals surface area contributed by atoms with Gasteiger partial charge < -0.3 is 24.3 Å². The predicted octanol–water partition coefficient (Wildman–Crippen LogP) is 4.97. The largest absolute Gasteiger partial charge is 0.465 e. The Morgan fingerprint density at radius 2 is 1.81 bits per heavy atom. The maximum absolute atomic E-state index is 14.0. The highest BCUT2D eigenvalue weighted by molar-refractivity contribution is 6.01. The fourth-order valence-corrected chi connectivity index (χ4v) is 6.32. The number of carbonyl (C=O) groups excluding carboxylic acids is 2. The molecule has 7 heteroatoms. The number of nitrogens with zero attached hydrogens (tertiary/aromatic N) is 2. The summed E-state index contributed by atoms with van der Waals surface area (Å²) in [6.45, 7) is 2.80. The van der Waals surface area contributed by atoms with E-state index in [4.69, 9.17) is 9.47 Å². The maximum Gasteiger partial charge on any atom is 0.337 e. The summed E-state index contributed by atoms with van der Waals surface area (Å²) in [7, 11) is 1.41. The van der Waals surface area contributed by atoms with Crippen molar-refractivity contribution in [1.82, 2.24) is 9.47 Å². The topological polar surface area (TPSA) is 72.8 Å². The van der Waals surface area contributed by atoms with E-state index in [0.29, 0.717) is 44.3 Å². The van der Waals surface area contributed by atoms with Crippen LogP contribution < -0.4 is 5.32 Å². The second-order valence-corrected chi connectivity index (χ2v) is 10.1. The Morgan fingerprint density at radius 3 is 2.58 bits per heavy atom. The SMILES string of the molecule is COC(=O)c1ccc2c(C3CCCCC3)c3n(c2c1)C(C(=O)N1CCOCC1)CNc1ccccc1-3. The number of anilines is 1. The van der Waals surface area contributed by atoms with Gasteiger partial charge in [-0.1, -0.05) is 43.5 Å². The van der Waals surface area contributed by atoms with E-state index < -0.39 is 6.04 Å². The molecule has 1 aliphatic carbocycles. The number of rotatable bonds is 3. The predicted molar refractivity (Wildman–Crippen MR) is 139 cm³/mol. The van der Waals surface area contributed by atoms with Crippen molar-refractivity contribution in [2.45, 2.75) is 44.1 Å². The quantitative estimate of drug-likeness (QED) is 0.528. The molecule has 0 radical (unpaired) electrons. The molecule has 1 N–H and O–H groups in total. The monoisotopic (exact) mass is 487 g/mol. The summed E-state index contributed by atoms with van der Waals surface area (Å²) in [5.41, 5.74) is 6.03. The molecule has 1 amide bonds. The normalized spacial score (nSPS) is 20.2. The number of benzene rings is 2. The molecule has 1 saturated carbocycles. The Kier molecular flexibility index (Phi) is 6.17. The fraction of sp³-hybridized carbons (Fsp3) is 0.448. The summed E-state index contributed by atoms with van der Waals surface area (Å²) in [5, 5.41) is 4.72. The maximum atomic E-state index is 14.0. The van der Waals surface area contributed by atoms with Gasteiger partial charge in [-0.05, 0) is 42.5 Å². The number of carbonyl (C=O) groups is 2. The number of hydrogen-bond donors (Lipinski definition) is 1. The van der Waals surface area contributed by atoms with Gasteiger partial charge in [-0.15, -0.1) is 0 Å². The number of nitrogens with one attached hydrogen (secondary N) is 1. The van der Waals surface area contributed by atoms with E-state index in [9.17, 15) is 9.59 Å². The smallest absolute Gasteiger partial charge is 0.337 e. The first-order valence-electron chi connectivity index (χ1n) is 13.1. The van der Waals surface area contributed by atoms with Crippen LogP contribution in [0.1, 0.15) is 60.0 Å². The van der Waals surface area contributed by atoms with Crippen molar-refractivity contribution < 1.29 is 19.1 Å². The lowest BCUT2D eigenvalue weighted by Gasteiger charge is -2.31. The molecule has 36 heavy (non-hydrogen) atoms. The Labute approximate surface area is 211 Å². The number of amides is 1. The van der Waals surface area contributed by atoms with E-state index in [1.165, 1.54) is 31.9 Å². The Bertz CT molecular complexity index is 1300. The first-order chi connectivity index (χ1) is 17.7.